The zero-order valence-electron chi connectivity index (χ0n) is 15.8. The molecule has 1 rings (SSSR count). The molecule has 0 bridgehead atoms. The van der Waals surface area contributed by atoms with E-state index in [9.17, 15) is 13.2 Å². The van der Waals surface area contributed by atoms with Gasteiger partial charge >= 0.3 is 6.18 Å². The van der Waals surface area contributed by atoms with Gasteiger partial charge in [-0.15, -0.1) is 0 Å². The molecule has 1 aromatic carbocycles. The van der Waals surface area contributed by atoms with Crippen LogP contribution in [0.3, 0.4) is 0 Å². The standard InChI is InChI=1S/C19H30F3N3O/c1-4-26-13-6-5-11-24-18(23-3)25-12-10-15(2)16-8-7-9-17(14-16)19(20,21)22/h7-9,14-15H,4-6,10-13H2,1-3H3,(H2,23,24,25). The van der Waals surface area contributed by atoms with Gasteiger partial charge in [0.2, 0.25) is 0 Å². The van der Waals surface area contributed by atoms with Gasteiger partial charge in [-0.1, -0.05) is 25.1 Å². The second-order valence-electron chi connectivity index (χ2n) is 6.14. The summed E-state index contributed by atoms with van der Waals surface area (Å²) in [5.41, 5.74) is 0.0971. The van der Waals surface area contributed by atoms with Crippen LogP contribution in [-0.4, -0.2) is 39.3 Å². The van der Waals surface area contributed by atoms with Gasteiger partial charge < -0.3 is 15.4 Å². The van der Waals surface area contributed by atoms with E-state index in [1.807, 2.05) is 13.8 Å². The minimum Gasteiger partial charge on any atom is -0.382 e. The molecule has 0 aromatic heterocycles. The molecule has 0 saturated carbocycles. The number of unbranched alkanes of at least 4 members (excludes halogenated alkanes) is 1. The Hall–Kier alpha value is -1.76. The summed E-state index contributed by atoms with van der Waals surface area (Å²) >= 11 is 0. The third-order valence-corrected chi connectivity index (χ3v) is 4.09. The quantitative estimate of drug-likeness (QED) is 0.367. The van der Waals surface area contributed by atoms with Crippen molar-refractivity contribution in [1.82, 2.24) is 10.6 Å². The maximum absolute atomic E-state index is 12.8. The lowest BCUT2D eigenvalue weighted by Crippen LogP contribution is -2.38. The van der Waals surface area contributed by atoms with Crippen LogP contribution in [0.1, 0.15) is 50.2 Å². The highest BCUT2D eigenvalue weighted by Gasteiger charge is 2.30. The maximum Gasteiger partial charge on any atom is 0.416 e. The molecule has 0 aliphatic rings. The molecule has 0 saturated heterocycles. The zero-order valence-corrected chi connectivity index (χ0v) is 15.8. The molecule has 7 heteroatoms. The summed E-state index contributed by atoms with van der Waals surface area (Å²) in [7, 11) is 1.70. The van der Waals surface area contributed by atoms with E-state index in [1.165, 1.54) is 12.1 Å². The Morgan fingerprint density at radius 1 is 1.19 bits per heavy atom. The first-order valence-corrected chi connectivity index (χ1v) is 9.07. The molecule has 1 aromatic rings. The van der Waals surface area contributed by atoms with Crippen LogP contribution in [0.4, 0.5) is 13.2 Å². The first-order valence-electron chi connectivity index (χ1n) is 9.07. The van der Waals surface area contributed by atoms with Crippen molar-refractivity contribution in [1.29, 1.82) is 0 Å². The number of guanidine groups is 1. The van der Waals surface area contributed by atoms with Crippen molar-refractivity contribution >= 4 is 5.96 Å². The molecule has 2 N–H and O–H groups in total. The molecule has 0 aliphatic carbocycles. The van der Waals surface area contributed by atoms with Crippen LogP contribution in [0.5, 0.6) is 0 Å². The average molecular weight is 373 g/mol. The average Bonchev–Trinajstić information content (AvgIpc) is 2.62. The number of alkyl halides is 3. The van der Waals surface area contributed by atoms with Crippen LogP contribution >= 0.6 is 0 Å². The maximum atomic E-state index is 12.8. The molecule has 0 fully saturated rings. The van der Waals surface area contributed by atoms with E-state index in [-0.39, 0.29) is 5.92 Å². The van der Waals surface area contributed by atoms with Crippen molar-refractivity contribution in [3.63, 3.8) is 0 Å². The van der Waals surface area contributed by atoms with Gasteiger partial charge in [-0.2, -0.15) is 13.2 Å². The van der Waals surface area contributed by atoms with Gasteiger partial charge in [0.25, 0.3) is 0 Å². The summed E-state index contributed by atoms with van der Waals surface area (Å²) in [5, 5.41) is 6.43. The number of ether oxygens (including phenoxy) is 1. The lowest BCUT2D eigenvalue weighted by molar-refractivity contribution is -0.137. The Labute approximate surface area is 154 Å². The smallest absolute Gasteiger partial charge is 0.382 e. The minimum atomic E-state index is -4.30. The molecule has 0 radical (unpaired) electrons. The van der Waals surface area contributed by atoms with Gasteiger partial charge in [0.15, 0.2) is 5.96 Å². The molecule has 4 nitrogen and oxygen atoms in total. The summed E-state index contributed by atoms with van der Waals surface area (Å²) in [6.45, 7) is 6.84. The van der Waals surface area contributed by atoms with E-state index < -0.39 is 11.7 Å². The number of halogens is 3. The number of nitrogens with zero attached hydrogens (tertiary/aromatic N) is 1. The highest BCUT2D eigenvalue weighted by molar-refractivity contribution is 5.79. The van der Waals surface area contributed by atoms with Gasteiger partial charge in [0, 0.05) is 33.4 Å². The monoisotopic (exact) mass is 373 g/mol. The lowest BCUT2D eigenvalue weighted by Gasteiger charge is -2.16. The molecular weight excluding hydrogens is 343 g/mol. The van der Waals surface area contributed by atoms with Crippen LogP contribution in [0, 0.1) is 0 Å². The van der Waals surface area contributed by atoms with Gasteiger partial charge in [0.1, 0.15) is 0 Å². The van der Waals surface area contributed by atoms with E-state index in [0.29, 0.717) is 24.5 Å². The van der Waals surface area contributed by atoms with E-state index in [0.717, 1.165) is 38.7 Å². The van der Waals surface area contributed by atoms with E-state index in [1.54, 1.807) is 13.1 Å². The van der Waals surface area contributed by atoms with Gasteiger partial charge in [0.05, 0.1) is 5.56 Å². The summed E-state index contributed by atoms with van der Waals surface area (Å²) in [5.74, 6) is 0.728. The van der Waals surface area contributed by atoms with Gasteiger partial charge in [-0.05, 0) is 43.7 Å². The Morgan fingerprint density at radius 2 is 1.92 bits per heavy atom. The molecule has 1 unspecified atom stereocenters. The molecule has 0 aliphatic heterocycles. The molecule has 26 heavy (non-hydrogen) atoms. The molecule has 0 heterocycles. The highest BCUT2D eigenvalue weighted by Crippen LogP contribution is 2.31. The third-order valence-electron chi connectivity index (χ3n) is 4.09. The molecule has 148 valence electrons. The first-order chi connectivity index (χ1) is 12.4. The second kappa shape index (κ2) is 11.8. The number of rotatable bonds is 10. The van der Waals surface area contributed by atoms with Crippen LogP contribution < -0.4 is 10.6 Å². The fourth-order valence-electron chi connectivity index (χ4n) is 2.50. The van der Waals surface area contributed by atoms with Crippen molar-refractivity contribution < 1.29 is 17.9 Å². The molecule has 0 amide bonds. The van der Waals surface area contributed by atoms with E-state index >= 15 is 0 Å². The normalized spacial score (nSPS) is 13.5. The fraction of sp³-hybridized carbons (Fsp3) is 0.632. The zero-order chi connectivity index (χ0) is 19.4. The van der Waals surface area contributed by atoms with Gasteiger partial charge in [-0.25, -0.2) is 0 Å². The number of aliphatic imine (C=N–C) groups is 1. The van der Waals surface area contributed by atoms with Crippen molar-refractivity contribution in [2.45, 2.75) is 45.2 Å². The predicted molar refractivity (Wildman–Crippen MR) is 99.6 cm³/mol. The van der Waals surface area contributed by atoms with Crippen LogP contribution in [0.15, 0.2) is 29.3 Å². The first kappa shape index (κ1) is 22.3. The minimum absolute atomic E-state index is 0.0223. The Balaban J connectivity index is 2.34. The summed E-state index contributed by atoms with van der Waals surface area (Å²) < 4.78 is 43.7. The van der Waals surface area contributed by atoms with Crippen molar-refractivity contribution in [3.05, 3.63) is 35.4 Å². The van der Waals surface area contributed by atoms with Crippen molar-refractivity contribution in [2.75, 3.05) is 33.4 Å². The van der Waals surface area contributed by atoms with E-state index in [2.05, 4.69) is 15.6 Å². The largest absolute Gasteiger partial charge is 0.416 e. The summed E-state index contributed by atoms with van der Waals surface area (Å²) in [6.07, 6.45) is -1.61. The van der Waals surface area contributed by atoms with Crippen LogP contribution in [0.2, 0.25) is 0 Å². The third kappa shape index (κ3) is 8.56. The second-order valence-corrected chi connectivity index (χ2v) is 6.14. The molecule has 1 atom stereocenters. The Kier molecular flexibility index (Phi) is 10.1. The van der Waals surface area contributed by atoms with Crippen LogP contribution in [-0.2, 0) is 10.9 Å². The van der Waals surface area contributed by atoms with Crippen LogP contribution in [0.25, 0.3) is 0 Å². The topological polar surface area (TPSA) is 45.6 Å². The highest BCUT2D eigenvalue weighted by atomic mass is 19.4. The Morgan fingerprint density at radius 3 is 2.58 bits per heavy atom. The molecule has 0 spiro atoms. The van der Waals surface area contributed by atoms with Gasteiger partial charge in [-0.3, -0.25) is 4.99 Å². The van der Waals surface area contributed by atoms with Crippen molar-refractivity contribution in [3.8, 4) is 0 Å². The van der Waals surface area contributed by atoms with E-state index in [4.69, 9.17) is 4.74 Å². The Bertz CT molecular complexity index is 547. The summed E-state index contributed by atoms with van der Waals surface area (Å²) in [6, 6.07) is 5.54. The molecular formula is C19H30F3N3O. The number of hydrogen-bond acceptors (Lipinski definition) is 2. The number of nitrogens with one attached hydrogen (secondary N) is 2. The summed E-state index contributed by atoms with van der Waals surface area (Å²) in [4.78, 5) is 4.15. The number of hydrogen-bond donors (Lipinski definition) is 2. The lowest BCUT2D eigenvalue weighted by atomic mass is 9.96. The van der Waals surface area contributed by atoms with Crippen molar-refractivity contribution in [2.24, 2.45) is 4.99 Å². The number of benzene rings is 1. The fourth-order valence-corrected chi connectivity index (χ4v) is 2.50. The SMILES string of the molecule is CCOCCCCNC(=NC)NCCC(C)c1cccc(C(F)(F)F)c1. The predicted octanol–water partition coefficient (Wildman–Crippen LogP) is 4.18.